The van der Waals surface area contributed by atoms with E-state index in [1.807, 2.05) is 24.3 Å². The highest BCUT2D eigenvalue weighted by molar-refractivity contribution is 6.55. The van der Waals surface area contributed by atoms with Gasteiger partial charge in [-0.1, -0.05) is 50.2 Å². The van der Waals surface area contributed by atoms with E-state index in [4.69, 9.17) is 0 Å². The zero-order chi connectivity index (χ0) is 27.0. The average molecular weight is 510 g/mol. The Labute approximate surface area is 218 Å². The van der Waals surface area contributed by atoms with Crippen LogP contribution < -0.4 is 10.3 Å². The zero-order valence-electron chi connectivity index (χ0n) is 20.6. The minimum atomic E-state index is -1.08. The van der Waals surface area contributed by atoms with Crippen molar-refractivity contribution in [3.63, 3.8) is 0 Å². The molecule has 0 aromatic heterocycles. The molecule has 0 atom stereocenters. The number of halogens is 1. The predicted octanol–water partition coefficient (Wildman–Crippen LogP) is 6.51. The van der Waals surface area contributed by atoms with E-state index in [0.29, 0.717) is 34.0 Å². The second-order valence-corrected chi connectivity index (χ2v) is 9.21. The molecule has 1 heterocycles. The molecule has 7 nitrogen and oxygen atoms in total. The molecule has 0 saturated heterocycles. The number of amides is 1. The highest BCUT2D eigenvalue weighted by atomic mass is 19.1. The van der Waals surface area contributed by atoms with Gasteiger partial charge in [0, 0.05) is 16.8 Å². The summed E-state index contributed by atoms with van der Waals surface area (Å²) in [7, 11) is 0. The normalized spacial score (nSPS) is 13.7. The van der Waals surface area contributed by atoms with Crippen LogP contribution in [0.25, 0.3) is 11.1 Å². The number of rotatable bonds is 6. The Hall–Kier alpha value is -4.98. The molecule has 3 N–H and O–H groups in total. The lowest BCUT2D eigenvalue weighted by molar-refractivity contribution is -0.111. The topological polar surface area (TPSA) is 102 Å². The number of phenolic OH excluding ortho intramolecular Hbond substituents is 1. The van der Waals surface area contributed by atoms with Gasteiger partial charge >= 0.3 is 5.97 Å². The number of carboxylic acid groups (broad SMARTS) is 1. The number of benzene rings is 4. The summed E-state index contributed by atoms with van der Waals surface area (Å²) in [5.41, 5.74) is 6.46. The summed E-state index contributed by atoms with van der Waals surface area (Å²) >= 11 is 0. The number of hydrogen-bond acceptors (Lipinski definition) is 5. The zero-order valence-corrected chi connectivity index (χ0v) is 20.6. The van der Waals surface area contributed by atoms with Gasteiger partial charge in [0.1, 0.15) is 11.6 Å². The summed E-state index contributed by atoms with van der Waals surface area (Å²) in [5.74, 6) is -1.88. The smallest absolute Gasteiger partial charge is 0.335 e. The number of para-hydroxylation sites is 1. The number of carboxylic acids is 1. The van der Waals surface area contributed by atoms with Gasteiger partial charge in [-0.05, 0) is 65.6 Å². The summed E-state index contributed by atoms with van der Waals surface area (Å²) < 4.78 is 14.2. The first-order valence-electron chi connectivity index (χ1n) is 12.0. The van der Waals surface area contributed by atoms with Crippen molar-refractivity contribution in [1.29, 1.82) is 0 Å². The lowest BCUT2D eigenvalue weighted by Gasteiger charge is -2.18. The highest BCUT2D eigenvalue weighted by Gasteiger charge is 2.35. The summed E-state index contributed by atoms with van der Waals surface area (Å²) in [6, 6.07) is 22.7. The SMILES string of the molecule is CC(C)c1ccc(N2C(=O)/C(=N\Nc3cccc(-c4cccc(C(=O)O)c4)c3O)c3cc(F)ccc32)cc1. The van der Waals surface area contributed by atoms with Crippen LogP contribution in [0.3, 0.4) is 0 Å². The van der Waals surface area contributed by atoms with Crippen LogP contribution in [0.15, 0.2) is 90.0 Å². The quantitative estimate of drug-likeness (QED) is 0.203. The third-order valence-electron chi connectivity index (χ3n) is 6.42. The molecule has 4 aromatic rings. The number of phenols is 1. The molecule has 0 radical (unpaired) electrons. The number of hydrogen-bond donors (Lipinski definition) is 3. The Bertz CT molecular complexity index is 1600. The Kier molecular flexibility index (Phi) is 6.38. The molecule has 4 aromatic carbocycles. The van der Waals surface area contributed by atoms with Gasteiger partial charge < -0.3 is 10.2 Å². The van der Waals surface area contributed by atoms with Gasteiger partial charge in [-0.2, -0.15) is 5.10 Å². The highest BCUT2D eigenvalue weighted by Crippen LogP contribution is 2.38. The van der Waals surface area contributed by atoms with Gasteiger partial charge in [0.25, 0.3) is 5.91 Å². The van der Waals surface area contributed by atoms with Crippen LogP contribution in [-0.2, 0) is 4.79 Å². The molecule has 1 aliphatic heterocycles. The Morgan fingerprint density at radius 3 is 2.39 bits per heavy atom. The van der Waals surface area contributed by atoms with Crippen molar-refractivity contribution >= 4 is 34.7 Å². The Morgan fingerprint density at radius 2 is 1.68 bits per heavy atom. The van der Waals surface area contributed by atoms with E-state index in [9.17, 15) is 24.2 Å². The molecule has 0 bridgehead atoms. The standard InChI is InChI=1S/C30H24FN3O4/c1-17(2)18-9-12-22(13-10-18)34-26-14-11-21(31)16-24(26)27(29(34)36)33-32-25-8-4-7-23(28(25)35)19-5-3-6-20(15-19)30(37)38/h3-17,32,35H,1-2H3,(H,37,38)/b33-27-. The number of nitrogens with one attached hydrogen (secondary N) is 1. The van der Waals surface area contributed by atoms with E-state index in [1.54, 1.807) is 30.3 Å². The fourth-order valence-electron chi connectivity index (χ4n) is 4.40. The molecule has 0 spiro atoms. The molecule has 38 heavy (non-hydrogen) atoms. The Morgan fingerprint density at radius 1 is 0.947 bits per heavy atom. The molecule has 0 saturated carbocycles. The summed E-state index contributed by atoms with van der Waals surface area (Å²) in [6.07, 6.45) is 0. The molecule has 8 heteroatoms. The van der Waals surface area contributed by atoms with Crippen LogP contribution in [0.5, 0.6) is 5.75 Å². The van der Waals surface area contributed by atoms with E-state index >= 15 is 0 Å². The van der Waals surface area contributed by atoms with Gasteiger partial charge in [0.15, 0.2) is 5.71 Å². The number of aromatic hydroxyl groups is 1. The summed E-state index contributed by atoms with van der Waals surface area (Å²) in [6.45, 7) is 4.16. The Balaban J connectivity index is 1.51. The van der Waals surface area contributed by atoms with Gasteiger partial charge in [-0.15, -0.1) is 0 Å². The molecular formula is C30H24FN3O4. The molecule has 0 aliphatic carbocycles. The van der Waals surface area contributed by atoms with Crippen LogP contribution in [0.1, 0.15) is 41.3 Å². The molecule has 1 amide bonds. The van der Waals surface area contributed by atoms with Crippen molar-refractivity contribution in [1.82, 2.24) is 0 Å². The van der Waals surface area contributed by atoms with Crippen LogP contribution in [0.4, 0.5) is 21.5 Å². The molecule has 5 rings (SSSR count). The molecule has 0 fully saturated rings. The second-order valence-electron chi connectivity index (χ2n) is 9.21. The van der Waals surface area contributed by atoms with Crippen molar-refractivity contribution in [3.05, 3.63) is 107 Å². The summed E-state index contributed by atoms with van der Waals surface area (Å²) in [5, 5.41) is 24.5. The van der Waals surface area contributed by atoms with Gasteiger partial charge in [-0.25, -0.2) is 9.18 Å². The predicted molar refractivity (Wildman–Crippen MR) is 145 cm³/mol. The fraction of sp³-hybridized carbons (Fsp3) is 0.100. The lowest BCUT2D eigenvalue weighted by Crippen LogP contribution is -2.26. The van der Waals surface area contributed by atoms with E-state index in [-0.39, 0.29) is 22.7 Å². The maximum atomic E-state index is 14.2. The average Bonchev–Trinajstić information content (AvgIpc) is 3.18. The van der Waals surface area contributed by atoms with Crippen molar-refractivity contribution in [2.24, 2.45) is 5.10 Å². The van der Waals surface area contributed by atoms with Crippen molar-refractivity contribution in [2.45, 2.75) is 19.8 Å². The van der Waals surface area contributed by atoms with E-state index < -0.39 is 17.7 Å². The van der Waals surface area contributed by atoms with Crippen LogP contribution >= 0.6 is 0 Å². The van der Waals surface area contributed by atoms with Crippen molar-refractivity contribution in [2.75, 3.05) is 10.3 Å². The largest absolute Gasteiger partial charge is 0.505 e. The maximum Gasteiger partial charge on any atom is 0.335 e. The van der Waals surface area contributed by atoms with E-state index in [0.717, 1.165) is 5.56 Å². The first kappa shape index (κ1) is 24.7. The molecule has 0 unspecified atom stereocenters. The molecule has 190 valence electrons. The minimum Gasteiger partial charge on any atom is -0.505 e. The van der Waals surface area contributed by atoms with Crippen LogP contribution in [-0.4, -0.2) is 27.8 Å². The van der Waals surface area contributed by atoms with Crippen molar-refractivity contribution < 1.29 is 24.2 Å². The van der Waals surface area contributed by atoms with Gasteiger partial charge in [0.2, 0.25) is 0 Å². The first-order chi connectivity index (χ1) is 18.2. The minimum absolute atomic E-state index is 0.00915. The van der Waals surface area contributed by atoms with Crippen molar-refractivity contribution in [3.8, 4) is 16.9 Å². The van der Waals surface area contributed by atoms with Crippen LogP contribution in [0, 0.1) is 5.82 Å². The maximum absolute atomic E-state index is 14.2. The number of fused-ring (bicyclic) bond motifs is 1. The number of carbonyl (C=O) groups is 2. The van der Waals surface area contributed by atoms with Crippen LogP contribution in [0.2, 0.25) is 0 Å². The second kappa shape index (κ2) is 9.82. The first-order valence-corrected chi connectivity index (χ1v) is 12.0. The number of carbonyl (C=O) groups excluding carboxylic acids is 1. The number of nitrogens with zero attached hydrogens (tertiary/aromatic N) is 2. The molecule has 1 aliphatic rings. The third kappa shape index (κ3) is 4.48. The van der Waals surface area contributed by atoms with E-state index in [2.05, 4.69) is 24.4 Å². The van der Waals surface area contributed by atoms with Gasteiger partial charge in [-0.3, -0.25) is 15.1 Å². The summed E-state index contributed by atoms with van der Waals surface area (Å²) in [4.78, 5) is 26.3. The van der Waals surface area contributed by atoms with E-state index in [1.165, 1.54) is 35.2 Å². The number of anilines is 3. The fourth-order valence-corrected chi connectivity index (χ4v) is 4.40. The monoisotopic (exact) mass is 509 g/mol. The van der Waals surface area contributed by atoms with Gasteiger partial charge in [0.05, 0.1) is 16.9 Å². The molecular weight excluding hydrogens is 485 g/mol. The number of aromatic carboxylic acids is 1. The number of hydrazone groups is 1. The lowest BCUT2D eigenvalue weighted by atomic mass is 10.0. The third-order valence-corrected chi connectivity index (χ3v) is 6.42.